The molecule has 0 radical (unpaired) electrons. The molecule has 27 heavy (non-hydrogen) atoms. The average Bonchev–Trinajstić information content (AvgIpc) is 2.69. The lowest BCUT2D eigenvalue weighted by molar-refractivity contribution is 0.0934. The largest absolute Gasteiger partial charge is 0.369 e. The van der Waals surface area contributed by atoms with Gasteiger partial charge in [0.25, 0.3) is 5.91 Å². The van der Waals surface area contributed by atoms with E-state index in [2.05, 4.69) is 56.7 Å². The third-order valence-electron chi connectivity index (χ3n) is 5.01. The molecule has 2 aromatic rings. The van der Waals surface area contributed by atoms with Crippen molar-refractivity contribution in [3.63, 3.8) is 0 Å². The summed E-state index contributed by atoms with van der Waals surface area (Å²) in [6, 6.07) is 12.2. The van der Waals surface area contributed by atoms with E-state index in [9.17, 15) is 4.79 Å². The molecule has 6 heteroatoms. The molecule has 144 valence electrons. The second-order valence-corrected chi connectivity index (χ2v) is 7.18. The Morgan fingerprint density at radius 2 is 1.74 bits per heavy atom. The van der Waals surface area contributed by atoms with Crippen molar-refractivity contribution in [1.82, 2.24) is 15.2 Å². The van der Waals surface area contributed by atoms with Crippen LogP contribution in [0.15, 0.2) is 42.6 Å². The summed E-state index contributed by atoms with van der Waals surface area (Å²) in [7, 11) is 2.16. The third kappa shape index (κ3) is 5.20. The van der Waals surface area contributed by atoms with Crippen LogP contribution in [-0.2, 0) is 0 Å². The van der Waals surface area contributed by atoms with E-state index in [1.807, 2.05) is 19.9 Å². The summed E-state index contributed by atoms with van der Waals surface area (Å²) in [5.41, 5.74) is 3.56. The fourth-order valence-electron chi connectivity index (χ4n) is 2.99. The predicted octanol–water partition coefficient (Wildman–Crippen LogP) is 3.11. The van der Waals surface area contributed by atoms with E-state index in [-0.39, 0.29) is 11.9 Å². The van der Waals surface area contributed by atoms with E-state index in [1.165, 1.54) is 5.69 Å². The quantitative estimate of drug-likeness (QED) is 0.822. The molecule has 0 aliphatic carbocycles. The van der Waals surface area contributed by atoms with Crippen molar-refractivity contribution in [2.45, 2.75) is 26.3 Å². The van der Waals surface area contributed by atoms with Crippen LogP contribution in [0.3, 0.4) is 0 Å². The second-order valence-electron chi connectivity index (χ2n) is 7.18. The summed E-state index contributed by atoms with van der Waals surface area (Å²) >= 11 is 0. The first kappa shape index (κ1) is 19.2. The first-order valence-electron chi connectivity index (χ1n) is 9.62. The van der Waals surface area contributed by atoms with Gasteiger partial charge < -0.3 is 20.4 Å². The summed E-state index contributed by atoms with van der Waals surface area (Å²) in [5, 5.41) is 6.26. The minimum Gasteiger partial charge on any atom is -0.369 e. The number of aromatic nitrogens is 1. The van der Waals surface area contributed by atoms with Crippen molar-refractivity contribution in [1.29, 1.82) is 0 Å². The smallest absolute Gasteiger partial charge is 0.270 e. The average molecular weight is 367 g/mol. The topological polar surface area (TPSA) is 60.5 Å². The lowest BCUT2D eigenvalue weighted by Gasteiger charge is -2.34. The highest BCUT2D eigenvalue weighted by Crippen LogP contribution is 2.22. The zero-order chi connectivity index (χ0) is 19.2. The van der Waals surface area contributed by atoms with Crippen molar-refractivity contribution < 1.29 is 4.79 Å². The van der Waals surface area contributed by atoms with Gasteiger partial charge in [-0.1, -0.05) is 6.92 Å². The number of carbonyl (C=O) groups is 1. The summed E-state index contributed by atoms with van der Waals surface area (Å²) in [5.74, 6) is -0.132. The number of anilines is 3. The van der Waals surface area contributed by atoms with Crippen molar-refractivity contribution >= 4 is 23.0 Å². The van der Waals surface area contributed by atoms with Gasteiger partial charge in [0.2, 0.25) is 0 Å². The summed E-state index contributed by atoms with van der Waals surface area (Å²) < 4.78 is 0. The van der Waals surface area contributed by atoms with Crippen molar-refractivity contribution in [2.24, 2.45) is 0 Å². The van der Waals surface area contributed by atoms with Crippen LogP contribution in [0.1, 0.15) is 30.8 Å². The third-order valence-corrected chi connectivity index (χ3v) is 5.01. The van der Waals surface area contributed by atoms with Gasteiger partial charge in [-0.15, -0.1) is 0 Å². The molecule has 1 fully saturated rings. The molecule has 2 heterocycles. The van der Waals surface area contributed by atoms with Crippen molar-refractivity contribution in [3.05, 3.63) is 48.3 Å². The van der Waals surface area contributed by atoms with Crippen LogP contribution in [0, 0.1) is 0 Å². The molecule has 0 spiro atoms. The standard InChI is InChI=1S/C21H29N5O/c1-4-16(2)23-21(27)20-10-7-18(15-22-20)24-17-5-8-19(9-6-17)26-13-11-25(3)12-14-26/h5-10,15-16,24H,4,11-14H2,1-3H3,(H,23,27). The highest BCUT2D eigenvalue weighted by Gasteiger charge is 2.14. The molecule has 0 saturated carbocycles. The number of hydrogen-bond donors (Lipinski definition) is 2. The minimum absolute atomic E-state index is 0.132. The molecular formula is C21H29N5O. The maximum atomic E-state index is 12.1. The monoisotopic (exact) mass is 367 g/mol. The van der Waals surface area contributed by atoms with Crippen LogP contribution in [0.4, 0.5) is 17.1 Å². The Labute approximate surface area is 161 Å². The molecule has 1 saturated heterocycles. The normalized spacial score (nSPS) is 16.0. The zero-order valence-corrected chi connectivity index (χ0v) is 16.4. The van der Waals surface area contributed by atoms with Crippen LogP contribution < -0.4 is 15.5 Å². The van der Waals surface area contributed by atoms with Crippen LogP contribution >= 0.6 is 0 Å². The Morgan fingerprint density at radius 3 is 2.33 bits per heavy atom. The van der Waals surface area contributed by atoms with E-state index in [4.69, 9.17) is 0 Å². The molecule has 1 atom stereocenters. The van der Waals surface area contributed by atoms with Gasteiger partial charge in [0, 0.05) is 43.6 Å². The fraction of sp³-hybridized carbons (Fsp3) is 0.429. The molecule has 1 aliphatic heterocycles. The number of carbonyl (C=O) groups excluding carboxylic acids is 1. The molecule has 1 aromatic carbocycles. The maximum absolute atomic E-state index is 12.1. The zero-order valence-electron chi connectivity index (χ0n) is 16.4. The Bertz CT molecular complexity index is 736. The second kappa shape index (κ2) is 8.86. The van der Waals surface area contributed by atoms with Gasteiger partial charge in [-0.05, 0) is 56.8 Å². The number of piperazine rings is 1. The van der Waals surface area contributed by atoms with Gasteiger partial charge >= 0.3 is 0 Å². The SMILES string of the molecule is CCC(C)NC(=O)c1ccc(Nc2ccc(N3CCN(C)CC3)cc2)cn1. The van der Waals surface area contributed by atoms with Gasteiger partial charge in [-0.2, -0.15) is 0 Å². The number of rotatable bonds is 6. The molecule has 0 bridgehead atoms. The molecule has 1 unspecified atom stereocenters. The molecule has 1 aromatic heterocycles. The predicted molar refractivity (Wildman–Crippen MR) is 111 cm³/mol. The number of amides is 1. The number of likely N-dealkylation sites (N-methyl/N-ethyl adjacent to an activating group) is 1. The van der Waals surface area contributed by atoms with Crippen LogP contribution in [-0.4, -0.2) is 55.1 Å². The highest BCUT2D eigenvalue weighted by atomic mass is 16.1. The lowest BCUT2D eigenvalue weighted by atomic mass is 10.2. The Hall–Kier alpha value is -2.60. The number of hydrogen-bond acceptors (Lipinski definition) is 5. The number of nitrogens with one attached hydrogen (secondary N) is 2. The van der Waals surface area contributed by atoms with Crippen LogP contribution in [0.25, 0.3) is 0 Å². The van der Waals surface area contributed by atoms with Gasteiger partial charge in [-0.3, -0.25) is 4.79 Å². The fourth-order valence-corrected chi connectivity index (χ4v) is 2.99. The van der Waals surface area contributed by atoms with Gasteiger partial charge in [0.15, 0.2) is 0 Å². The van der Waals surface area contributed by atoms with E-state index in [0.29, 0.717) is 5.69 Å². The van der Waals surface area contributed by atoms with Crippen molar-refractivity contribution in [2.75, 3.05) is 43.4 Å². The molecule has 1 aliphatic rings. The number of nitrogens with zero attached hydrogens (tertiary/aromatic N) is 3. The van der Waals surface area contributed by atoms with E-state index in [0.717, 1.165) is 44.0 Å². The first-order chi connectivity index (χ1) is 13.0. The molecule has 2 N–H and O–H groups in total. The van der Waals surface area contributed by atoms with E-state index < -0.39 is 0 Å². The van der Waals surface area contributed by atoms with Crippen molar-refractivity contribution in [3.8, 4) is 0 Å². The highest BCUT2D eigenvalue weighted by molar-refractivity contribution is 5.92. The summed E-state index contributed by atoms with van der Waals surface area (Å²) in [6.45, 7) is 8.35. The Kier molecular flexibility index (Phi) is 6.29. The number of benzene rings is 1. The Morgan fingerprint density at radius 1 is 1.07 bits per heavy atom. The maximum Gasteiger partial charge on any atom is 0.270 e. The van der Waals surface area contributed by atoms with E-state index in [1.54, 1.807) is 12.3 Å². The number of pyridine rings is 1. The van der Waals surface area contributed by atoms with E-state index >= 15 is 0 Å². The molecule has 1 amide bonds. The minimum atomic E-state index is -0.132. The Balaban J connectivity index is 1.58. The first-order valence-corrected chi connectivity index (χ1v) is 9.62. The summed E-state index contributed by atoms with van der Waals surface area (Å²) in [6.07, 6.45) is 2.59. The molecule has 3 rings (SSSR count). The van der Waals surface area contributed by atoms with Crippen LogP contribution in [0.2, 0.25) is 0 Å². The summed E-state index contributed by atoms with van der Waals surface area (Å²) in [4.78, 5) is 21.1. The molecule has 6 nitrogen and oxygen atoms in total. The molecular weight excluding hydrogens is 338 g/mol. The van der Waals surface area contributed by atoms with Gasteiger partial charge in [0.1, 0.15) is 5.69 Å². The van der Waals surface area contributed by atoms with Gasteiger partial charge in [-0.25, -0.2) is 4.98 Å². The lowest BCUT2D eigenvalue weighted by Crippen LogP contribution is -2.44. The van der Waals surface area contributed by atoms with Gasteiger partial charge in [0.05, 0.1) is 11.9 Å². The van der Waals surface area contributed by atoms with Crippen LogP contribution in [0.5, 0.6) is 0 Å².